The number of ether oxygens (including phenoxy) is 3. The van der Waals surface area contributed by atoms with E-state index in [1.807, 2.05) is 0 Å². The van der Waals surface area contributed by atoms with E-state index in [2.05, 4.69) is 14.7 Å². The van der Waals surface area contributed by atoms with E-state index in [-0.39, 0.29) is 18.1 Å². The van der Waals surface area contributed by atoms with E-state index in [0.29, 0.717) is 10.5 Å². The van der Waals surface area contributed by atoms with Gasteiger partial charge in [0.2, 0.25) is 5.95 Å². The molecule has 0 spiro atoms. The largest absolute Gasteiger partial charge is 0.469 e. The Kier molecular flexibility index (Phi) is 6.53. The van der Waals surface area contributed by atoms with Crippen LogP contribution < -0.4 is 11.4 Å². The molecule has 2 aromatic heterocycles. The van der Waals surface area contributed by atoms with Crippen molar-refractivity contribution in [2.24, 2.45) is 0 Å². The third kappa shape index (κ3) is 4.46. The van der Waals surface area contributed by atoms with Crippen LogP contribution in [0.2, 0.25) is 5.02 Å². The number of hydrogen-bond acceptors (Lipinski definition) is 9. The fourth-order valence-electron chi connectivity index (χ4n) is 3.86. The minimum Gasteiger partial charge on any atom is -0.469 e. The zero-order valence-corrected chi connectivity index (χ0v) is 18.9. The number of halogens is 2. The molecule has 0 radical (unpaired) electrons. The number of imidazole rings is 1. The molecule has 2 N–H and O–H groups in total. The van der Waals surface area contributed by atoms with Crippen LogP contribution in [0.4, 0.5) is 10.3 Å². The molecule has 4 atom stereocenters. The molecular formula is C21H21ClFN5O6. The lowest BCUT2D eigenvalue weighted by Crippen LogP contribution is -2.37. The molecule has 1 aliphatic heterocycles. The Morgan fingerprint density at radius 3 is 2.65 bits per heavy atom. The van der Waals surface area contributed by atoms with Crippen molar-refractivity contribution in [3.63, 3.8) is 0 Å². The van der Waals surface area contributed by atoms with Gasteiger partial charge in [-0.15, -0.1) is 0 Å². The van der Waals surface area contributed by atoms with Gasteiger partial charge < -0.3 is 19.9 Å². The number of nitrogens with two attached hydrogens (primary N) is 1. The summed E-state index contributed by atoms with van der Waals surface area (Å²) in [6.07, 6.45) is -5.24. The summed E-state index contributed by atoms with van der Waals surface area (Å²) in [5.74, 6) is -1.64. The number of carbonyl (C=O) groups excluding carboxylic acids is 2. The molecule has 1 aliphatic rings. The molecule has 34 heavy (non-hydrogen) atoms. The number of esters is 2. The summed E-state index contributed by atoms with van der Waals surface area (Å²) >= 11 is 5.95. The number of hydrogen-bond donors (Lipinski definition) is 1. The van der Waals surface area contributed by atoms with Crippen LogP contribution in [0.1, 0.15) is 25.1 Å². The van der Waals surface area contributed by atoms with E-state index in [0.717, 1.165) is 24.2 Å². The number of aromatic nitrogens is 4. The standard InChI is InChI=1S/C21H21ClFN5O6/c1-10(29)33-17-16(23)14(7-15(30)32-2)34-19(17)28-18-13(8-25-20(24)26-18)27(21(28)31)9-11-3-5-12(22)6-4-11/h3-6,8,14,16-17,19H,7,9H2,1-2H3,(H2,24,25,26)/t14-,16-,17-,19-/m1/s1. The molecule has 0 amide bonds. The molecule has 1 saturated heterocycles. The number of nitrogen functional groups attached to an aromatic ring is 1. The Hall–Kier alpha value is -3.51. The van der Waals surface area contributed by atoms with Crippen molar-refractivity contribution in [1.29, 1.82) is 0 Å². The molecule has 0 unspecified atom stereocenters. The second-order valence-corrected chi connectivity index (χ2v) is 8.10. The fraction of sp³-hybridized carbons (Fsp3) is 0.381. The third-order valence-electron chi connectivity index (χ3n) is 5.39. The minimum atomic E-state index is -1.91. The molecule has 4 rings (SSSR count). The molecule has 1 fully saturated rings. The van der Waals surface area contributed by atoms with Gasteiger partial charge in [0.15, 0.2) is 24.2 Å². The van der Waals surface area contributed by atoms with E-state index in [9.17, 15) is 14.4 Å². The van der Waals surface area contributed by atoms with E-state index >= 15 is 4.39 Å². The Morgan fingerprint density at radius 2 is 2.00 bits per heavy atom. The number of alkyl halides is 1. The predicted octanol–water partition coefficient (Wildman–Crippen LogP) is 1.61. The average molecular weight is 494 g/mol. The lowest BCUT2D eigenvalue weighted by molar-refractivity contribution is -0.154. The summed E-state index contributed by atoms with van der Waals surface area (Å²) in [7, 11) is 1.15. The van der Waals surface area contributed by atoms with Gasteiger partial charge in [-0.05, 0) is 17.7 Å². The first-order valence-electron chi connectivity index (χ1n) is 10.2. The van der Waals surface area contributed by atoms with Crippen molar-refractivity contribution in [2.75, 3.05) is 12.8 Å². The van der Waals surface area contributed by atoms with Crippen molar-refractivity contribution >= 4 is 40.7 Å². The minimum absolute atomic E-state index is 0.0551. The topological polar surface area (TPSA) is 141 Å². The summed E-state index contributed by atoms with van der Waals surface area (Å²) in [4.78, 5) is 45.1. The second kappa shape index (κ2) is 9.39. The maximum absolute atomic E-state index is 15.2. The lowest BCUT2D eigenvalue weighted by atomic mass is 10.1. The van der Waals surface area contributed by atoms with Crippen molar-refractivity contribution in [3.05, 3.63) is 51.5 Å². The third-order valence-corrected chi connectivity index (χ3v) is 5.65. The lowest BCUT2D eigenvalue weighted by Gasteiger charge is -2.19. The molecule has 3 heterocycles. The van der Waals surface area contributed by atoms with Crippen molar-refractivity contribution in [3.8, 4) is 0 Å². The summed E-state index contributed by atoms with van der Waals surface area (Å²) < 4.78 is 33.1. The van der Waals surface area contributed by atoms with Crippen molar-refractivity contribution in [1.82, 2.24) is 19.1 Å². The number of anilines is 1. The van der Waals surface area contributed by atoms with E-state index in [1.54, 1.807) is 24.3 Å². The SMILES string of the molecule is COC(=O)C[C@H]1O[C@@H](n2c(=O)n(Cc3ccc(Cl)cc3)c3cnc(N)nc32)[C@H](OC(C)=O)[C@@H]1F. The van der Waals surface area contributed by atoms with Gasteiger partial charge in [0.25, 0.3) is 0 Å². The molecular weight excluding hydrogens is 473 g/mol. The summed E-state index contributed by atoms with van der Waals surface area (Å²) in [6.45, 7) is 1.21. The van der Waals surface area contributed by atoms with Crippen LogP contribution >= 0.6 is 11.6 Å². The Morgan fingerprint density at radius 1 is 1.29 bits per heavy atom. The van der Waals surface area contributed by atoms with Crippen LogP contribution in [0.15, 0.2) is 35.3 Å². The van der Waals surface area contributed by atoms with Crippen LogP contribution in [0.3, 0.4) is 0 Å². The van der Waals surface area contributed by atoms with Gasteiger partial charge in [0.1, 0.15) is 11.6 Å². The first-order valence-corrected chi connectivity index (χ1v) is 10.6. The number of methoxy groups -OCH3 is 1. The normalized spacial score (nSPS) is 22.1. The summed E-state index contributed by atoms with van der Waals surface area (Å²) in [6, 6.07) is 6.84. The number of nitrogens with zero attached hydrogens (tertiary/aromatic N) is 4. The number of rotatable bonds is 6. The molecule has 0 aliphatic carbocycles. The molecule has 13 heteroatoms. The van der Waals surface area contributed by atoms with Gasteiger partial charge >= 0.3 is 17.6 Å². The average Bonchev–Trinajstić information content (AvgIpc) is 3.22. The van der Waals surface area contributed by atoms with Crippen molar-refractivity contribution in [2.45, 2.75) is 44.5 Å². The highest BCUT2D eigenvalue weighted by Crippen LogP contribution is 2.36. The Bertz CT molecular complexity index is 1290. The second-order valence-electron chi connectivity index (χ2n) is 7.67. The van der Waals surface area contributed by atoms with Crippen molar-refractivity contribution < 1.29 is 28.2 Å². The summed E-state index contributed by atoms with van der Waals surface area (Å²) in [5, 5.41) is 0.531. The van der Waals surface area contributed by atoms with E-state index in [1.165, 1.54) is 10.8 Å². The van der Waals surface area contributed by atoms with Crippen LogP contribution in [-0.4, -0.2) is 56.5 Å². The van der Waals surface area contributed by atoms with Gasteiger partial charge in [-0.2, -0.15) is 4.98 Å². The highest BCUT2D eigenvalue weighted by Gasteiger charge is 2.50. The molecule has 0 saturated carbocycles. The zero-order chi connectivity index (χ0) is 24.6. The quantitative estimate of drug-likeness (QED) is 0.507. The molecule has 0 bridgehead atoms. The highest BCUT2D eigenvalue weighted by molar-refractivity contribution is 6.30. The number of fused-ring (bicyclic) bond motifs is 1. The van der Waals surface area contributed by atoms with Gasteiger partial charge in [0, 0.05) is 11.9 Å². The summed E-state index contributed by atoms with van der Waals surface area (Å²) in [5.41, 5.74) is 6.22. The van der Waals surface area contributed by atoms with Gasteiger partial charge in [0.05, 0.1) is 26.3 Å². The Balaban J connectivity index is 1.83. The number of carbonyl (C=O) groups is 2. The Labute approximate surface area is 197 Å². The molecule has 1 aromatic carbocycles. The molecule has 180 valence electrons. The van der Waals surface area contributed by atoms with Crippen LogP contribution in [0.5, 0.6) is 0 Å². The van der Waals surface area contributed by atoms with Crippen LogP contribution in [-0.2, 0) is 30.3 Å². The van der Waals surface area contributed by atoms with Gasteiger partial charge in [-0.25, -0.2) is 18.7 Å². The smallest absolute Gasteiger partial charge is 0.332 e. The van der Waals surface area contributed by atoms with Crippen LogP contribution in [0.25, 0.3) is 11.2 Å². The van der Waals surface area contributed by atoms with E-state index < -0.39 is 48.7 Å². The first kappa shape index (κ1) is 23.6. The van der Waals surface area contributed by atoms with Crippen LogP contribution in [0, 0.1) is 0 Å². The maximum atomic E-state index is 15.2. The predicted molar refractivity (Wildman–Crippen MR) is 118 cm³/mol. The van der Waals surface area contributed by atoms with E-state index in [4.69, 9.17) is 26.8 Å². The van der Waals surface area contributed by atoms with Gasteiger partial charge in [-0.1, -0.05) is 23.7 Å². The fourth-order valence-corrected chi connectivity index (χ4v) is 3.98. The maximum Gasteiger partial charge on any atom is 0.332 e. The monoisotopic (exact) mass is 493 g/mol. The highest BCUT2D eigenvalue weighted by atomic mass is 35.5. The molecule has 3 aromatic rings. The zero-order valence-electron chi connectivity index (χ0n) is 18.2. The number of benzene rings is 1. The molecule has 11 nitrogen and oxygen atoms in total. The first-order chi connectivity index (χ1) is 16.2. The van der Waals surface area contributed by atoms with Gasteiger partial charge in [-0.3, -0.25) is 14.2 Å².